The predicted molar refractivity (Wildman–Crippen MR) is 178 cm³/mol. The Labute approximate surface area is 284 Å². The van der Waals surface area contributed by atoms with Crippen molar-refractivity contribution in [2.45, 2.75) is 23.5 Å². The normalized spacial score (nSPS) is 12.9. The average molecular weight is 711 g/mol. The van der Waals surface area contributed by atoms with Crippen molar-refractivity contribution in [1.82, 2.24) is 5.32 Å². The van der Waals surface area contributed by atoms with Crippen LogP contribution in [-0.4, -0.2) is 27.4 Å². The smallest absolute Gasteiger partial charge is 0.416 e. The summed E-state index contributed by atoms with van der Waals surface area (Å²) in [5.74, 6) is -2.35. The van der Waals surface area contributed by atoms with Crippen molar-refractivity contribution in [2.24, 2.45) is 0 Å². The summed E-state index contributed by atoms with van der Waals surface area (Å²) in [4.78, 5) is 27.2. The van der Waals surface area contributed by atoms with Crippen molar-refractivity contribution >= 4 is 39.2 Å². The number of carbonyl (C=O) groups excluding carboxylic acids is 2. The van der Waals surface area contributed by atoms with E-state index in [0.29, 0.717) is 11.1 Å². The van der Waals surface area contributed by atoms with Gasteiger partial charge in [-0.15, -0.1) is 0 Å². The fraction of sp³-hybridized carbons (Fsp3) is 0.111. The molecule has 0 spiro atoms. The van der Waals surface area contributed by atoms with Crippen LogP contribution in [0.2, 0.25) is 5.02 Å². The predicted octanol–water partition coefficient (Wildman–Crippen LogP) is 8.45. The molecule has 5 aromatic rings. The number of nitrogens with one attached hydrogen (secondary N) is 2. The molecule has 5 rings (SSSR count). The second kappa shape index (κ2) is 13.7. The lowest BCUT2D eigenvalue weighted by molar-refractivity contribution is -0.148. The van der Waals surface area contributed by atoms with Crippen LogP contribution in [0, 0.1) is 5.82 Å². The molecule has 0 saturated carbocycles. The number of halogens is 5. The SMILES string of the molecule is COC(=O)[C@](C)(NC(=O)c1cccc(-c2ccc(C(F)(F)F)cc2)c1NS(=O)(=O)c1ccccc1)c1ccc(-c2ccc(F)c(Cl)c2)cc1. The molecular weight excluding hydrogens is 684 g/mol. The lowest BCUT2D eigenvalue weighted by Gasteiger charge is -2.29. The summed E-state index contributed by atoms with van der Waals surface area (Å²) >= 11 is 5.93. The molecule has 0 aliphatic heterocycles. The highest BCUT2D eigenvalue weighted by molar-refractivity contribution is 7.92. The van der Waals surface area contributed by atoms with Crippen molar-refractivity contribution < 1.29 is 40.3 Å². The maximum atomic E-state index is 14.1. The zero-order valence-electron chi connectivity index (χ0n) is 25.8. The molecule has 252 valence electrons. The first-order valence-electron chi connectivity index (χ1n) is 14.5. The van der Waals surface area contributed by atoms with Crippen LogP contribution >= 0.6 is 11.6 Å². The minimum atomic E-state index is -4.61. The molecule has 0 aliphatic rings. The lowest BCUT2D eigenvalue weighted by Crippen LogP contribution is -2.50. The molecule has 5 aromatic carbocycles. The van der Waals surface area contributed by atoms with Gasteiger partial charge in [0.1, 0.15) is 5.82 Å². The number of anilines is 1. The van der Waals surface area contributed by atoms with Gasteiger partial charge in [-0.25, -0.2) is 17.6 Å². The van der Waals surface area contributed by atoms with Crippen molar-refractivity contribution in [1.29, 1.82) is 0 Å². The van der Waals surface area contributed by atoms with E-state index in [1.54, 1.807) is 30.3 Å². The number of para-hydroxylation sites is 1. The fourth-order valence-electron chi connectivity index (χ4n) is 5.14. The molecule has 49 heavy (non-hydrogen) atoms. The number of alkyl halides is 3. The number of carbonyl (C=O) groups is 2. The van der Waals surface area contributed by atoms with Gasteiger partial charge in [0.05, 0.1) is 33.8 Å². The van der Waals surface area contributed by atoms with Crippen LogP contribution in [0.5, 0.6) is 0 Å². The third-order valence-corrected chi connectivity index (χ3v) is 9.45. The van der Waals surface area contributed by atoms with Gasteiger partial charge in [0.25, 0.3) is 15.9 Å². The zero-order chi connectivity index (χ0) is 35.6. The van der Waals surface area contributed by atoms with E-state index < -0.39 is 45.0 Å². The third-order valence-electron chi connectivity index (χ3n) is 7.79. The van der Waals surface area contributed by atoms with Gasteiger partial charge in [-0.3, -0.25) is 9.52 Å². The number of benzene rings is 5. The molecule has 0 saturated heterocycles. The van der Waals surface area contributed by atoms with Gasteiger partial charge >= 0.3 is 12.1 Å². The molecule has 1 atom stereocenters. The van der Waals surface area contributed by atoms with E-state index in [2.05, 4.69) is 10.0 Å². The van der Waals surface area contributed by atoms with E-state index in [9.17, 15) is 35.6 Å². The van der Waals surface area contributed by atoms with Crippen molar-refractivity contribution in [3.8, 4) is 22.3 Å². The van der Waals surface area contributed by atoms with E-state index in [1.807, 2.05) is 0 Å². The average Bonchev–Trinajstić information content (AvgIpc) is 3.09. The topological polar surface area (TPSA) is 102 Å². The van der Waals surface area contributed by atoms with Crippen LogP contribution in [-0.2, 0) is 31.3 Å². The largest absolute Gasteiger partial charge is 0.467 e. The van der Waals surface area contributed by atoms with Gasteiger partial charge in [-0.2, -0.15) is 13.2 Å². The summed E-state index contributed by atoms with van der Waals surface area (Å²) in [5, 5.41) is 2.58. The Balaban J connectivity index is 1.58. The van der Waals surface area contributed by atoms with Crippen LogP contribution in [0.25, 0.3) is 22.3 Å². The molecule has 1 amide bonds. The van der Waals surface area contributed by atoms with Crippen LogP contribution in [0.15, 0.2) is 120 Å². The number of sulfonamides is 1. The molecule has 0 aromatic heterocycles. The first kappa shape index (κ1) is 35.1. The fourth-order valence-corrected chi connectivity index (χ4v) is 6.44. The van der Waals surface area contributed by atoms with Crippen LogP contribution in [0.1, 0.15) is 28.4 Å². The summed E-state index contributed by atoms with van der Waals surface area (Å²) in [7, 11) is -3.19. The third kappa shape index (κ3) is 7.45. The summed E-state index contributed by atoms with van der Waals surface area (Å²) in [6.07, 6.45) is -4.61. The Morgan fingerprint density at radius 1 is 0.755 bits per heavy atom. The maximum absolute atomic E-state index is 14.1. The van der Waals surface area contributed by atoms with Gasteiger partial charge < -0.3 is 10.1 Å². The number of rotatable bonds is 9. The monoisotopic (exact) mass is 710 g/mol. The molecule has 0 unspecified atom stereocenters. The van der Waals surface area contributed by atoms with Crippen molar-refractivity contribution in [3.05, 3.63) is 143 Å². The summed E-state index contributed by atoms with van der Waals surface area (Å²) in [6, 6.07) is 26.0. The molecule has 0 heterocycles. The molecule has 13 heteroatoms. The Bertz CT molecular complexity index is 2130. The van der Waals surface area contributed by atoms with Gasteiger partial charge in [-0.05, 0) is 71.6 Å². The second-order valence-corrected chi connectivity index (χ2v) is 13.1. The van der Waals surface area contributed by atoms with Gasteiger partial charge in [0, 0.05) is 5.56 Å². The minimum absolute atomic E-state index is 0.0783. The number of ether oxygens (including phenoxy) is 1. The molecular formula is C36H27ClF4N2O5S. The zero-order valence-corrected chi connectivity index (χ0v) is 27.4. The van der Waals surface area contributed by atoms with E-state index in [-0.39, 0.29) is 37.9 Å². The molecule has 0 radical (unpaired) electrons. The first-order chi connectivity index (χ1) is 23.1. The quantitative estimate of drug-likeness (QED) is 0.118. The minimum Gasteiger partial charge on any atom is -0.467 e. The van der Waals surface area contributed by atoms with Crippen LogP contribution in [0.3, 0.4) is 0 Å². The number of esters is 1. The number of hydrogen-bond acceptors (Lipinski definition) is 5. The lowest BCUT2D eigenvalue weighted by atomic mass is 9.89. The Morgan fingerprint density at radius 3 is 1.94 bits per heavy atom. The van der Waals surface area contributed by atoms with Gasteiger partial charge in [0.15, 0.2) is 5.54 Å². The molecule has 2 N–H and O–H groups in total. The summed E-state index contributed by atoms with van der Waals surface area (Å²) in [5.41, 5.74) is -1.41. The van der Waals surface area contributed by atoms with Crippen LogP contribution in [0.4, 0.5) is 23.2 Å². The van der Waals surface area contributed by atoms with E-state index in [4.69, 9.17) is 16.3 Å². The van der Waals surface area contributed by atoms with E-state index in [0.717, 1.165) is 31.4 Å². The van der Waals surface area contributed by atoms with Gasteiger partial charge in [0.2, 0.25) is 0 Å². The molecule has 0 fully saturated rings. The van der Waals surface area contributed by atoms with Crippen LogP contribution < -0.4 is 10.0 Å². The molecule has 0 bridgehead atoms. The van der Waals surface area contributed by atoms with Crippen molar-refractivity contribution in [2.75, 3.05) is 11.8 Å². The van der Waals surface area contributed by atoms with E-state index >= 15 is 0 Å². The second-order valence-electron chi connectivity index (χ2n) is 11.0. The highest BCUT2D eigenvalue weighted by Gasteiger charge is 2.39. The summed E-state index contributed by atoms with van der Waals surface area (Å²) < 4.78 is 88.1. The number of hydrogen-bond donors (Lipinski definition) is 2. The Morgan fingerprint density at radius 2 is 1.35 bits per heavy atom. The van der Waals surface area contributed by atoms with Crippen molar-refractivity contribution in [3.63, 3.8) is 0 Å². The maximum Gasteiger partial charge on any atom is 0.416 e. The highest BCUT2D eigenvalue weighted by atomic mass is 35.5. The van der Waals surface area contributed by atoms with Gasteiger partial charge in [-0.1, -0.05) is 84.4 Å². The first-order valence-corrected chi connectivity index (χ1v) is 16.4. The van der Waals surface area contributed by atoms with E-state index in [1.165, 1.54) is 67.6 Å². The standard InChI is InChI=1S/C36H27ClF4N2O5S/c1-35(34(45)48-2,25-16-11-22(12-17-25)24-15-20-31(38)30(37)21-24)42-33(44)29-10-6-9-28(23-13-18-26(19-14-23)36(39,40)41)32(29)43-49(46,47)27-7-4-3-5-8-27/h3-21,43H,1-2H3,(H,42,44)/t35-/m1/s1. The Hall–Kier alpha value is -5.20. The highest BCUT2D eigenvalue weighted by Crippen LogP contribution is 2.37. The number of amides is 1. The molecule has 0 aliphatic carbocycles. The Kier molecular flexibility index (Phi) is 9.84. The number of methoxy groups -OCH3 is 1. The summed E-state index contributed by atoms with van der Waals surface area (Å²) in [6.45, 7) is 1.40. The molecule has 7 nitrogen and oxygen atoms in total.